The molecule has 1 atom stereocenters. The maximum atomic E-state index is 13.7. The number of cyclic esters (lactones) is 1. The van der Waals surface area contributed by atoms with E-state index in [1.165, 1.54) is 6.07 Å². The van der Waals surface area contributed by atoms with E-state index in [-0.39, 0.29) is 11.8 Å². The number of nitrogens with one attached hydrogen (secondary N) is 2. The molecule has 1 aliphatic rings. The fourth-order valence-corrected chi connectivity index (χ4v) is 2.70. The van der Waals surface area contributed by atoms with Crippen LogP contribution < -0.4 is 10.6 Å². The summed E-state index contributed by atoms with van der Waals surface area (Å²) in [7, 11) is 0. The maximum absolute atomic E-state index is 13.7. The van der Waals surface area contributed by atoms with Crippen molar-refractivity contribution in [3.8, 4) is 0 Å². The molecule has 142 valence electrons. The molecule has 1 heterocycles. The zero-order valence-electron chi connectivity index (χ0n) is 14.7. The Labute approximate surface area is 155 Å². The molecule has 0 spiro atoms. The van der Waals surface area contributed by atoms with Crippen LogP contribution in [0.15, 0.2) is 42.5 Å². The van der Waals surface area contributed by atoms with Crippen LogP contribution in [0.1, 0.15) is 12.5 Å². The van der Waals surface area contributed by atoms with Crippen molar-refractivity contribution in [1.82, 2.24) is 4.90 Å². The summed E-state index contributed by atoms with van der Waals surface area (Å²) in [5, 5.41) is 5.45. The second-order valence-electron chi connectivity index (χ2n) is 6.22. The summed E-state index contributed by atoms with van der Waals surface area (Å²) >= 11 is 0. The topological polar surface area (TPSA) is 70.7 Å². The highest BCUT2D eigenvalue weighted by molar-refractivity contribution is 5.96. The molecule has 3 rings (SSSR count). The van der Waals surface area contributed by atoms with Gasteiger partial charge in [-0.25, -0.2) is 13.6 Å². The summed E-state index contributed by atoms with van der Waals surface area (Å²) in [6.07, 6.45) is -0.345. The first-order valence-corrected chi connectivity index (χ1v) is 8.45. The van der Waals surface area contributed by atoms with Gasteiger partial charge in [-0.15, -0.1) is 0 Å². The van der Waals surface area contributed by atoms with Gasteiger partial charge >= 0.3 is 6.09 Å². The van der Waals surface area contributed by atoms with Crippen LogP contribution in [0.5, 0.6) is 0 Å². The van der Waals surface area contributed by atoms with E-state index in [1.807, 2.05) is 18.2 Å². The minimum Gasteiger partial charge on any atom is -0.448 e. The van der Waals surface area contributed by atoms with Crippen LogP contribution in [0, 0.1) is 11.6 Å². The third-order valence-corrected chi connectivity index (χ3v) is 4.11. The highest BCUT2D eigenvalue weighted by atomic mass is 19.1. The van der Waals surface area contributed by atoms with Crippen molar-refractivity contribution in [1.29, 1.82) is 0 Å². The van der Waals surface area contributed by atoms with Crippen molar-refractivity contribution in [3.63, 3.8) is 0 Å². The van der Waals surface area contributed by atoms with E-state index in [2.05, 4.69) is 10.6 Å². The number of carbonyl (C=O) groups excluding carboxylic acids is 2. The number of amides is 2. The van der Waals surface area contributed by atoms with Gasteiger partial charge in [0.05, 0.1) is 12.2 Å². The number of anilines is 2. The normalized spacial score (nSPS) is 14.6. The third kappa shape index (κ3) is 4.72. The lowest BCUT2D eigenvalue weighted by molar-refractivity contribution is -0.116. The second-order valence-corrected chi connectivity index (χ2v) is 6.22. The van der Waals surface area contributed by atoms with Crippen molar-refractivity contribution in [2.24, 2.45) is 0 Å². The predicted molar refractivity (Wildman–Crippen MR) is 96.3 cm³/mol. The van der Waals surface area contributed by atoms with E-state index in [4.69, 9.17) is 4.74 Å². The zero-order chi connectivity index (χ0) is 19.4. The van der Waals surface area contributed by atoms with Crippen LogP contribution in [-0.2, 0) is 16.1 Å². The van der Waals surface area contributed by atoms with Gasteiger partial charge in [-0.05, 0) is 36.8 Å². The largest absolute Gasteiger partial charge is 0.448 e. The van der Waals surface area contributed by atoms with E-state index in [0.717, 1.165) is 11.6 Å². The molecule has 6 nitrogen and oxygen atoms in total. The number of hydrogen-bond donors (Lipinski definition) is 2. The Morgan fingerprint density at radius 3 is 2.78 bits per heavy atom. The van der Waals surface area contributed by atoms with Crippen molar-refractivity contribution in [2.75, 3.05) is 23.8 Å². The van der Waals surface area contributed by atoms with Gasteiger partial charge in [0.15, 0.2) is 0 Å². The molecule has 8 heteroatoms. The molecule has 0 aromatic heterocycles. The average Bonchev–Trinajstić information content (AvgIpc) is 3.02. The number of nitrogens with zero attached hydrogens (tertiary/aromatic N) is 1. The highest BCUT2D eigenvalue weighted by Gasteiger charge is 2.22. The fraction of sp³-hybridized carbons (Fsp3) is 0.263. The van der Waals surface area contributed by atoms with Gasteiger partial charge in [0.25, 0.3) is 0 Å². The molecule has 2 N–H and O–H groups in total. The van der Waals surface area contributed by atoms with Gasteiger partial charge < -0.3 is 20.3 Å². The monoisotopic (exact) mass is 375 g/mol. The first kappa shape index (κ1) is 18.6. The average molecular weight is 375 g/mol. The number of carbonyl (C=O) groups is 2. The van der Waals surface area contributed by atoms with E-state index < -0.39 is 23.6 Å². The molecule has 0 saturated carbocycles. The van der Waals surface area contributed by atoms with Gasteiger partial charge in [0.1, 0.15) is 24.3 Å². The van der Waals surface area contributed by atoms with Gasteiger partial charge in [-0.1, -0.05) is 12.1 Å². The molecule has 0 bridgehead atoms. The molecular weight excluding hydrogens is 356 g/mol. The molecule has 27 heavy (non-hydrogen) atoms. The molecule has 0 radical (unpaired) electrons. The summed E-state index contributed by atoms with van der Waals surface area (Å²) in [5.41, 5.74) is 1.48. The van der Waals surface area contributed by atoms with Crippen molar-refractivity contribution in [2.45, 2.75) is 19.5 Å². The number of rotatable bonds is 6. The summed E-state index contributed by atoms with van der Waals surface area (Å²) < 4.78 is 31.5. The minimum atomic E-state index is -0.838. The maximum Gasteiger partial charge on any atom is 0.410 e. The van der Waals surface area contributed by atoms with Crippen LogP contribution in [0.3, 0.4) is 0 Å². The Morgan fingerprint density at radius 2 is 2.07 bits per heavy atom. The van der Waals surface area contributed by atoms with E-state index in [1.54, 1.807) is 17.9 Å². The van der Waals surface area contributed by atoms with Crippen LogP contribution in [0.4, 0.5) is 25.0 Å². The molecule has 2 amide bonds. The first-order chi connectivity index (χ1) is 12.9. The molecule has 2 aromatic carbocycles. The minimum absolute atomic E-state index is 0.0867. The number of benzene rings is 2. The molecule has 1 saturated heterocycles. The summed E-state index contributed by atoms with van der Waals surface area (Å²) in [4.78, 5) is 25.4. The lowest BCUT2D eigenvalue weighted by Gasteiger charge is -2.17. The zero-order valence-corrected chi connectivity index (χ0v) is 14.7. The second kappa shape index (κ2) is 8.03. The van der Waals surface area contributed by atoms with Crippen LogP contribution in [0.2, 0.25) is 0 Å². The van der Waals surface area contributed by atoms with Crippen LogP contribution in [0.25, 0.3) is 0 Å². The number of ether oxygens (including phenoxy) is 1. The molecule has 1 fully saturated rings. The van der Waals surface area contributed by atoms with Crippen LogP contribution in [-0.4, -0.2) is 36.1 Å². The Hall–Kier alpha value is -3.16. The van der Waals surface area contributed by atoms with Crippen LogP contribution >= 0.6 is 0 Å². The Bertz CT molecular complexity index is 860. The Kier molecular flexibility index (Phi) is 5.54. The molecule has 1 aliphatic heterocycles. The molecular formula is C19H19F2N3O3. The SMILES string of the molecule is CC(Nc1cccc(CN2CCOC2=O)c1)C(=O)Nc1ccc(F)cc1F. The third-order valence-electron chi connectivity index (χ3n) is 4.11. The quantitative estimate of drug-likeness (QED) is 0.812. The molecule has 0 aliphatic carbocycles. The number of halogens is 2. The van der Waals surface area contributed by atoms with Gasteiger partial charge in [-0.2, -0.15) is 0 Å². The van der Waals surface area contributed by atoms with Gasteiger partial charge in [0.2, 0.25) is 5.91 Å². The van der Waals surface area contributed by atoms with Crippen molar-refractivity contribution >= 4 is 23.4 Å². The lowest BCUT2D eigenvalue weighted by Crippen LogP contribution is -2.32. The van der Waals surface area contributed by atoms with Gasteiger partial charge in [0, 0.05) is 18.3 Å². The van der Waals surface area contributed by atoms with E-state index in [0.29, 0.717) is 31.5 Å². The summed E-state index contributed by atoms with van der Waals surface area (Å²) in [5.74, 6) is -2.01. The highest BCUT2D eigenvalue weighted by Crippen LogP contribution is 2.18. The van der Waals surface area contributed by atoms with Gasteiger partial charge in [-0.3, -0.25) is 4.79 Å². The van der Waals surface area contributed by atoms with E-state index in [9.17, 15) is 18.4 Å². The molecule has 1 unspecified atom stereocenters. The fourth-order valence-electron chi connectivity index (χ4n) is 2.70. The Balaban J connectivity index is 1.61. The summed E-state index contributed by atoms with van der Waals surface area (Å²) in [6.45, 7) is 2.96. The number of hydrogen-bond acceptors (Lipinski definition) is 4. The lowest BCUT2D eigenvalue weighted by atomic mass is 10.1. The first-order valence-electron chi connectivity index (χ1n) is 8.45. The summed E-state index contributed by atoms with van der Waals surface area (Å²) in [6, 6.07) is 9.58. The van der Waals surface area contributed by atoms with Crippen molar-refractivity contribution in [3.05, 3.63) is 59.7 Å². The standard InChI is InChI=1S/C19H19F2N3O3/c1-12(18(25)23-17-6-5-14(20)10-16(17)21)22-15-4-2-3-13(9-15)11-24-7-8-27-19(24)26/h2-6,9-10,12,22H,7-8,11H2,1H3,(H,23,25). The predicted octanol–water partition coefficient (Wildman–Crippen LogP) is 3.36. The van der Waals surface area contributed by atoms with Crippen molar-refractivity contribution < 1.29 is 23.1 Å². The smallest absolute Gasteiger partial charge is 0.410 e. The van der Waals surface area contributed by atoms with E-state index >= 15 is 0 Å². The molecule has 2 aromatic rings. The Morgan fingerprint density at radius 1 is 1.26 bits per heavy atom.